The van der Waals surface area contributed by atoms with Gasteiger partial charge in [-0.15, -0.1) is 0 Å². The quantitative estimate of drug-likeness (QED) is 0.922. The van der Waals surface area contributed by atoms with Crippen molar-refractivity contribution in [2.45, 2.75) is 19.3 Å². The Kier molecular flexibility index (Phi) is 4.24. The number of rotatable bonds is 3. The number of para-hydroxylation sites is 1. The number of aliphatic hydroxyl groups excluding tert-OH is 1. The van der Waals surface area contributed by atoms with Crippen LogP contribution < -0.4 is 4.90 Å². The lowest BCUT2D eigenvalue weighted by atomic mass is 9.93. The van der Waals surface area contributed by atoms with Crippen LogP contribution in [0.3, 0.4) is 0 Å². The molecule has 2 nitrogen and oxygen atoms in total. The van der Waals surface area contributed by atoms with Crippen molar-refractivity contribution in [3.8, 4) is 0 Å². The highest BCUT2D eigenvalue weighted by atomic mass is 79.9. The first kappa shape index (κ1) is 11.9. The van der Waals surface area contributed by atoms with E-state index >= 15 is 0 Å². The molecule has 1 fully saturated rings. The predicted molar refractivity (Wildman–Crippen MR) is 70.8 cm³/mol. The first-order valence-corrected chi connectivity index (χ1v) is 6.71. The number of aliphatic hydroxyl groups is 1. The van der Waals surface area contributed by atoms with E-state index in [9.17, 15) is 0 Å². The van der Waals surface area contributed by atoms with Gasteiger partial charge in [0, 0.05) is 24.2 Å². The molecule has 88 valence electrons. The molecule has 1 heterocycles. The maximum atomic E-state index is 8.92. The Morgan fingerprint density at radius 3 is 2.56 bits per heavy atom. The number of hydrogen-bond donors (Lipinski definition) is 1. The minimum Gasteiger partial charge on any atom is -0.396 e. The highest BCUT2D eigenvalue weighted by Gasteiger charge is 2.19. The Morgan fingerprint density at radius 1 is 1.25 bits per heavy atom. The average molecular weight is 284 g/mol. The summed E-state index contributed by atoms with van der Waals surface area (Å²) in [5.41, 5.74) is 1.30. The average Bonchev–Trinajstić information content (AvgIpc) is 2.31. The molecule has 0 radical (unpaired) electrons. The largest absolute Gasteiger partial charge is 0.396 e. The minimum atomic E-state index is 0.333. The number of benzene rings is 1. The van der Waals surface area contributed by atoms with E-state index in [1.54, 1.807) is 0 Å². The summed E-state index contributed by atoms with van der Waals surface area (Å²) >= 11 is 3.60. The van der Waals surface area contributed by atoms with E-state index in [1.807, 2.05) is 6.07 Å². The predicted octanol–water partition coefficient (Wildman–Crippen LogP) is 3.05. The summed E-state index contributed by atoms with van der Waals surface area (Å²) in [5, 5.41) is 8.92. The van der Waals surface area contributed by atoms with Crippen molar-refractivity contribution in [1.29, 1.82) is 0 Å². The standard InChI is InChI=1S/C13H18BrNO/c14-12-3-1-2-4-13(12)15-8-5-11(6-9-15)7-10-16/h1-4,11,16H,5-10H2. The SMILES string of the molecule is OCCC1CCN(c2ccccc2Br)CC1. The fourth-order valence-corrected chi connectivity index (χ4v) is 2.89. The molecule has 1 saturated heterocycles. The van der Waals surface area contributed by atoms with Gasteiger partial charge in [0.25, 0.3) is 0 Å². The van der Waals surface area contributed by atoms with E-state index in [0.29, 0.717) is 12.5 Å². The summed E-state index contributed by atoms with van der Waals surface area (Å²) in [5.74, 6) is 0.712. The van der Waals surface area contributed by atoms with Gasteiger partial charge < -0.3 is 10.0 Å². The fourth-order valence-electron chi connectivity index (χ4n) is 2.35. The Hall–Kier alpha value is -0.540. The topological polar surface area (TPSA) is 23.5 Å². The highest BCUT2D eigenvalue weighted by molar-refractivity contribution is 9.10. The number of hydrogen-bond acceptors (Lipinski definition) is 2. The van der Waals surface area contributed by atoms with Gasteiger partial charge in [0.05, 0.1) is 5.69 Å². The molecule has 0 bridgehead atoms. The van der Waals surface area contributed by atoms with Crippen LogP contribution in [0.2, 0.25) is 0 Å². The Balaban J connectivity index is 1.96. The summed E-state index contributed by atoms with van der Waals surface area (Å²) in [4.78, 5) is 2.43. The van der Waals surface area contributed by atoms with Crippen LogP contribution >= 0.6 is 15.9 Å². The summed E-state index contributed by atoms with van der Waals surface area (Å²) < 4.78 is 1.18. The number of halogens is 1. The maximum Gasteiger partial charge on any atom is 0.0510 e. The van der Waals surface area contributed by atoms with Crippen LogP contribution in [0.4, 0.5) is 5.69 Å². The van der Waals surface area contributed by atoms with E-state index in [2.05, 4.69) is 39.0 Å². The summed E-state index contributed by atoms with van der Waals surface area (Å²) in [6, 6.07) is 8.39. The maximum absolute atomic E-state index is 8.92. The monoisotopic (exact) mass is 283 g/mol. The smallest absolute Gasteiger partial charge is 0.0510 e. The van der Waals surface area contributed by atoms with E-state index in [0.717, 1.165) is 19.5 Å². The lowest BCUT2D eigenvalue weighted by Gasteiger charge is -2.34. The van der Waals surface area contributed by atoms with Crippen LogP contribution in [-0.4, -0.2) is 24.8 Å². The molecule has 0 aromatic heterocycles. The van der Waals surface area contributed by atoms with Crippen molar-refractivity contribution in [3.05, 3.63) is 28.7 Å². The number of nitrogens with zero attached hydrogens (tertiary/aromatic N) is 1. The van der Waals surface area contributed by atoms with Crippen LogP contribution in [0.25, 0.3) is 0 Å². The molecular formula is C13H18BrNO. The summed E-state index contributed by atoms with van der Waals surface area (Å²) in [6.45, 7) is 2.54. The lowest BCUT2D eigenvalue weighted by Crippen LogP contribution is -2.34. The van der Waals surface area contributed by atoms with Crippen LogP contribution in [0.15, 0.2) is 28.7 Å². The normalized spacial score (nSPS) is 17.8. The van der Waals surface area contributed by atoms with Gasteiger partial charge in [0.15, 0.2) is 0 Å². The Morgan fingerprint density at radius 2 is 1.94 bits per heavy atom. The van der Waals surface area contributed by atoms with Crippen molar-refractivity contribution in [2.24, 2.45) is 5.92 Å². The molecule has 2 rings (SSSR count). The van der Waals surface area contributed by atoms with Gasteiger partial charge in [0.1, 0.15) is 0 Å². The van der Waals surface area contributed by atoms with Gasteiger partial charge in [-0.2, -0.15) is 0 Å². The van der Waals surface area contributed by atoms with Crippen LogP contribution in [0.1, 0.15) is 19.3 Å². The lowest BCUT2D eigenvalue weighted by molar-refractivity contribution is 0.240. The summed E-state index contributed by atoms with van der Waals surface area (Å²) in [6.07, 6.45) is 3.35. The molecule has 1 aliphatic rings. The van der Waals surface area contributed by atoms with Gasteiger partial charge in [-0.25, -0.2) is 0 Å². The van der Waals surface area contributed by atoms with Gasteiger partial charge in [-0.3, -0.25) is 0 Å². The van der Waals surface area contributed by atoms with Crippen molar-refractivity contribution < 1.29 is 5.11 Å². The zero-order valence-electron chi connectivity index (χ0n) is 9.40. The molecule has 16 heavy (non-hydrogen) atoms. The van der Waals surface area contributed by atoms with E-state index in [-0.39, 0.29) is 0 Å². The van der Waals surface area contributed by atoms with Crippen molar-refractivity contribution in [3.63, 3.8) is 0 Å². The van der Waals surface area contributed by atoms with Gasteiger partial charge >= 0.3 is 0 Å². The first-order valence-electron chi connectivity index (χ1n) is 5.91. The zero-order valence-corrected chi connectivity index (χ0v) is 11.0. The molecule has 0 atom stereocenters. The van der Waals surface area contributed by atoms with E-state index in [4.69, 9.17) is 5.11 Å². The fraction of sp³-hybridized carbons (Fsp3) is 0.538. The molecule has 1 aromatic carbocycles. The van der Waals surface area contributed by atoms with Gasteiger partial charge in [-0.1, -0.05) is 12.1 Å². The molecule has 0 unspecified atom stereocenters. The Bertz CT molecular complexity index is 334. The second-order valence-corrected chi connectivity index (χ2v) is 5.25. The third-order valence-electron chi connectivity index (χ3n) is 3.35. The summed E-state index contributed by atoms with van der Waals surface area (Å²) in [7, 11) is 0. The van der Waals surface area contributed by atoms with Crippen LogP contribution in [0, 0.1) is 5.92 Å². The highest BCUT2D eigenvalue weighted by Crippen LogP contribution is 2.30. The van der Waals surface area contributed by atoms with E-state index in [1.165, 1.54) is 23.0 Å². The van der Waals surface area contributed by atoms with Crippen LogP contribution in [-0.2, 0) is 0 Å². The van der Waals surface area contributed by atoms with Crippen LogP contribution in [0.5, 0.6) is 0 Å². The molecule has 0 saturated carbocycles. The van der Waals surface area contributed by atoms with Crippen molar-refractivity contribution in [1.82, 2.24) is 0 Å². The molecule has 3 heteroatoms. The van der Waals surface area contributed by atoms with Crippen molar-refractivity contribution >= 4 is 21.6 Å². The third kappa shape index (κ3) is 2.77. The van der Waals surface area contributed by atoms with Gasteiger partial charge in [0.2, 0.25) is 0 Å². The molecule has 0 amide bonds. The van der Waals surface area contributed by atoms with Crippen molar-refractivity contribution in [2.75, 3.05) is 24.6 Å². The molecule has 1 aliphatic heterocycles. The van der Waals surface area contributed by atoms with Gasteiger partial charge in [-0.05, 0) is 53.2 Å². The number of anilines is 1. The molecule has 0 aliphatic carbocycles. The molecule has 1 N–H and O–H groups in total. The molecular weight excluding hydrogens is 266 g/mol. The first-order chi connectivity index (χ1) is 7.81. The zero-order chi connectivity index (χ0) is 11.4. The molecule has 0 spiro atoms. The Labute approximate surface area is 105 Å². The number of piperidine rings is 1. The molecule has 1 aromatic rings. The second kappa shape index (κ2) is 5.69. The second-order valence-electron chi connectivity index (χ2n) is 4.39. The minimum absolute atomic E-state index is 0.333. The third-order valence-corrected chi connectivity index (χ3v) is 4.02. The van der Waals surface area contributed by atoms with E-state index < -0.39 is 0 Å².